The van der Waals surface area contributed by atoms with Gasteiger partial charge >= 0.3 is 21.1 Å². The number of imidazole rings is 1. The van der Waals surface area contributed by atoms with E-state index in [4.69, 9.17) is 15.2 Å². The van der Waals surface area contributed by atoms with E-state index in [-0.39, 0.29) is 61.7 Å². The summed E-state index contributed by atoms with van der Waals surface area (Å²) in [7, 11) is -6.03. The summed E-state index contributed by atoms with van der Waals surface area (Å²) in [5.74, 6) is 1.28. The van der Waals surface area contributed by atoms with Crippen molar-refractivity contribution in [3.8, 4) is 73.2 Å². The number of benzene rings is 11. The third-order valence-electron chi connectivity index (χ3n) is 15.2. The number of nitrogens with zero attached hydrogens (tertiary/aromatic N) is 4. The van der Waals surface area contributed by atoms with E-state index in [1.807, 2.05) is 91.0 Å². The van der Waals surface area contributed by atoms with E-state index in [9.17, 15) is 21.9 Å². The van der Waals surface area contributed by atoms with Crippen molar-refractivity contribution in [3.05, 3.63) is 304 Å². The van der Waals surface area contributed by atoms with E-state index in [2.05, 4.69) is 49.9 Å². The van der Waals surface area contributed by atoms with Crippen LogP contribution in [0.2, 0.25) is 0 Å². The van der Waals surface area contributed by atoms with Gasteiger partial charge in [0.2, 0.25) is 0 Å². The molecular weight excluding hydrogens is 1220 g/mol. The van der Waals surface area contributed by atoms with E-state index < -0.39 is 150 Å². The zero-order valence-electron chi connectivity index (χ0n) is 65.4. The molecule has 3 aromatic heterocycles. The smallest absolute Gasteiger partial charge is 0.510 e. The zero-order valence-corrected chi connectivity index (χ0v) is 48.7. The molecule has 11 aromatic carbocycles. The molecule has 1 aliphatic rings. The zero-order chi connectivity index (χ0) is 72.3. The number of hydrogen-bond donors (Lipinski definition) is 0. The maximum atomic E-state index is 10.00. The first-order chi connectivity index (χ1) is 48.6. The van der Waals surface area contributed by atoms with Crippen molar-refractivity contribution in [1.29, 1.82) is 0 Å². The van der Waals surface area contributed by atoms with Crippen LogP contribution in [0.15, 0.2) is 273 Å². The molecule has 0 bridgehead atoms. The minimum atomic E-state index is -6.03. The molecule has 14 aromatic rings. The SMILES string of the molecule is [2H]c1c([2H])c([2H])c(-c2cc([Si](c3c([2H])c([2H])c([2H])c([2H])c3[2H])(c3c([2H])c([2H])c([2H])c([2H])c3[2H])c3c([2H])c([2H])c([2H])c([2H])c3[2H])cc3c2-[n+]2[c-]n(-c4[c-]c(Oc5[c-]c6c(cc5)c5ccccc5n6-c5cc(C(C)(C)C)ccn5)ccc4)c4cccc(c42)-c2ccccc2-c2ccccc2-3)c([2H])c1[2H].[CH3-].[Pt+4]. The van der Waals surface area contributed by atoms with Crippen LogP contribution in [0.4, 0.5) is 0 Å². The topological polar surface area (TPSA) is 35.9 Å². The average molecular weight is 1300 g/mol. The van der Waals surface area contributed by atoms with Crippen molar-refractivity contribution in [2.24, 2.45) is 0 Å². The molecule has 0 fully saturated rings. The van der Waals surface area contributed by atoms with E-state index in [0.29, 0.717) is 61.6 Å². The number of rotatable bonds is 9. The Labute approximate surface area is 534 Å². The quantitative estimate of drug-likeness (QED) is 0.0625. The van der Waals surface area contributed by atoms with Crippen molar-refractivity contribution in [1.82, 2.24) is 14.1 Å². The molecule has 7 heteroatoms. The Morgan fingerprint density at radius 1 is 0.500 bits per heavy atom. The standard InChI is InChI=1S/C76H54N4OSi.CH3.Pt/c1-76(2,3)53-44-45-77-73(46-53)80-70-40-21-20-38-65(70)66-43-42-56(48-72(66)80)81-55-27-22-26-54(47-55)78-51-79-74-68(52-24-8-4-9-25-52)49-60(82(57-28-10-5-11-29-57,58-30-12-6-13-31-58)59-32-14-7-15-33-59)50-69(74)64-37-19-17-35-62(64)61-34-16-18-36-63(61)67-39-23-41-71(78)75(67)79;;/h4-46,49-50H,1-3H3;1H3;/q-2;-1;+4/i4D,5D,6D,7D,8D,9D,10D,11D,12D,13D,14D,15D,24D,25D,28D,29D,30D,31D,32D,33D;;. The molecule has 5 nitrogen and oxygen atoms in total. The largest absolute Gasteiger partial charge is 4.00 e. The summed E-state index contributed by atoms with van der Waals surface area (Å²) in [4.78, 5) is 4.84. The fourth-order valence-electron chi connectivity index (χ4n) is 11.5. The molecule has 0 spiro atoms. The molecular formula is C77H57N4OPtSi+. The van der Waals surface area contributed by atoms with Crippen LogP contribution in [0.5, 0.6) is 11.5 Å². The Bertz CT molecular complexity index is 5750. The number of pyridine rings is 1. The van der Waals surface area contributed by atoms with Crippen LogP contribution in [0, 0.1) is 25.9 Å². The van der Waals surface area contributed by atoms with Crippen molar-refractivity contribution in [3.63, 3.8) is 0 Å². The second kappa shape index (κ2) is 21.7. The van der Waals surface area contributed by atoms with Gasteiger partial charge in [-0.05, 0) is 106 Å². The summed E-state index contributed by atoms with van der Waals surface area (Å²) in [6.45, 7) is 6.42. The van der Waals surface area contributed by atoms with Crippen LogP contribution in [-0.2, 0) is 26.5 Å². The van der Waals surface area contributed by atoms with Gasteiger partial charge in [-0.3, -0.25) is 4.57 Å². The van der Waals surface area contributed by atoms with Gasteiger partial charge in [0.15, 0.2) is 8.07 Å². The molecule has 1 aliphatic heterocycles. The average Bonchev–Trinajstić information content (AvgIpc) is 0.688. The molecule has 84 heavy (non-hydrogen) atoms. The number of para-hydroxylation sites is 2. The number of fused-ring (bicyclic) bond motifs is 10. The minimum Gasteiger partial charge on any atom is -0.510 e. The molecule has 0 unspecified atom stereocenters. The Kier molecular flexibility index (Phi) is 9.18. The van der Waals surface area contributed by atoms with Crippen LogP contribution in [0.1, 0.15) is 53.7 Å². The second-order valence-electron chi connectivity index (χ2n) is 20.8. The molecule has 4 heterocycles. The first-order valence-electron chi connectivity index (χ1n) is 36.4. The Hall–Kier alpha value is -9.45. The van der Waals surface area contributed by atoms with E-state index in [1.54, 1.807) is 51.7 Å². The predicted molar refractivity (Wildman–Crippen MR) is 344 cm³/mol. The molecule has 0 radical (unpaired) electrons. The van der Waals surface area contributed by atoms with Gasteiger partial charge in [0, 0.05) is 23.2 Å². The summed E-state index contributed by atoms with van der Waals surface area (Å²) in [6.07, 6.45) is 5.39. The van der Waals surface area contributed by atoms with Crippen molar-refractivity contribution in [2.45, 2.75) is 26.2 Å². The molecule has 0 saturated heterocycles. The summed E-state index contributed by atoms with van der Waals surface area (Å²) < 4.78 is 202. The number of ether oxygens (including phenoxy) is 1. The van der Waals surface area contributed by atoms with E-state index in [0.717, 1.165) is 21.9 Å². The molecule has 0 aliphatic carbocycles. The second-order valence-corrected chi connectivity index (χ2v) is 24.4. The number of aromatic nitrogens is 4. The Balaban J connectivity index is 0.00000481. The summed E-state index contributed by atoms with van der Waals surface area (Å²) in [5.41, 5.74) is 5.77. The molecule has 15 rings (SSSR count). The Morgan fingerprint density at radius 3 is 1.68 bits per heavy atom. The minimum absolute atomic E-state index is 0. The summed E-state index contributed by atoms with van der Waals surface area (Å²) in [5, 5.41) is -0.862. The van der Waals surface area contributed by atoms with Crippen LogP contribution < -0.4 is 30.1 Å². The Morgan fingerprint density at radius 2 is 1.04 bits per heavy atom. The predicted octanol–water partition coefficient (Wildman–Crippen LogP) is 15.7. The normalized spacial score (nSPS) is 15.1. The van der Waals surface area contributed by atoms with Crippen LogP contribution in [-0.4, -0.2) is 22.2 Å². The van der Waals surface area contributed by atoms with Gasteiger partial charge in [-0.15, -0.1) is 29.7 Å². The first-order valence-corrected chi connectivity index (χ1v) is 28.4. The molecule has 404 valence electrons. The van der Waals surface area contributed by atoms with Crippen LogP contribution >= 0.6 is 0 Å². The maximum Gasteiger partial charge on any atom is 4.00 e. The number of hydrogen-bond acceptors (Lipinski definition) is 2. The van der Waals surface area contributed by atoms with Crippen LogP contribution in [0.25, 0.3) is 94.5 Å². The van der Waals surface area contributed by atoms with Gasteiger partial charge in [-0.2, -0.15) is 18.2 Å². The molecule has 0 amide bonds. The van der Waals surface area contributed by atoms with Crippen molar-refractivity contribution >= 4 is 61.7 Å². The van der Waals surface area contributed by atoms with Gasteiger partial charge in [0.1, 0.15) is 5.82 Å². The molecule has 0 N–H and O–H groups in total. The van der Waals surface area contributed by atoms with Crippen molar-refractivity contribution in [2.75, 3.05) is 0 Å². The summed E-state index contributed by atoms with van der Waals surface area (Å²) >= 11 is 0. The monoisotopic (exact) mass is 1300 g/mol. The van der Waals surface area contributed by atoms with Gasteiger partial charge < -0.3 is 21.3 Å². The van der Waals surface area contributed by atoms with Gasteiger partial charge in [-0.1, -0.05) is 244 Å². The van der Waals surface area contributed by atoms with Gasteiger partial charge in [-0.25, -0.2) is 4.98 Å². The van der Waals surface area contributed by atoms with Crippen LogP contribution in [0.3, 0.4) is 0 Å². The van der Waals surface area contributed by atoms with E-state index in [1.165, 1.54) is 12.1 Å². The third-order valence-corrected chi connectivity index (χ3v) is 19.3. The third kappa shape index (κ3) is 8.88. The molecule has 0 saturated carbocycles. The van der Waals surface area contributed by atoms with Gasteiger partial charge in [0.25, 0.3) is 6.33 Å². The van der Waals surface area contributed by atoms with E-state index >= 15 is 0 Å². The maximum absolute atomic E-state index is 10.00. The van der Waals surface area contributed by atoms with Gasteiger partial charge in [0.05, 0.1) is 44.1 Å². The fourth-order valence-corrected chi connectivity index (χ4v) is 15.4. The molecule has 0 atom stereocenters. The van der Waals surface area contributed by atoms with Crippen molar-refractivity contribution < 1.29 is 57.8 Å². The fraction of sp³-hybridized carbons (Fsp3) is 0.0519. The summed E-state index contributed by atoms with van der Waals surface area (Å²) in [6, 6.07) is 32.2. The first kappa shape index (κ1) is 35.5.